The van der Waals surface area contributed by atoms with Crippen LogP contribution in [-0.2, 0) is 0 Å². The summed E-state index contributed by atoms with van der Waals surface area (Å²) in [5.41, 5.74) is 8.96. The predicted octanol–water partition coefficient (Wildman–Crippen LogP) is 7.28. The minimum Gasteiger partial charge on any atom is -0.439 e. The molecular formula is C26H21N3OS. The van der Waals surface area contributed by atoms with Crippen LogP contribution in [0.25, 0.3) is 48.6 Å². The average molecular weight is 424 g/mol. The third-order valence-electron chi connectivity index (χ3n) is 5.96. The second kappa shape index (κ2) is 6.53. The van der Waals surface area contributed by atoms with Crippen molar-refractivity contribution in [3.63, 3.8) is 0 Å². The summed E-state index contributed by atoms with van der Waals surface area (Å²) in [6, 6.07) is 19.1. The first-order valence-corrected chi connectivity index (χ1v) is 11.2. The summed E-state index contributed by atoms with van der Waals surface area (Å²) in [7, 11) is 0. The molecule has 0 unspecified atom stereocenters. The highest BCUT2D eigenvalue weighted by Gasteiger charge is 2.23. The number of aromatic nitrogens is 3. The Morgan fingerprint density at radius 3 is 2.39 bits per heavy atom. The van der Waals surface area contributed by atoms with Crippen molar-refractivity contribution < 1.29 is 4.42 Å². The van der Waals surface area contributed by atoms with Crippen LogP contribution in [0.2, 0.25) is 0 Å². The standard InChI is InChI=1S/C26H21N3OS/c1-14-12-13-18-23-26(27-17(4)30-23)31-24(18)21(14)25-28-19-10-5-6-11-20(19)29(25)22-15(2)8-7-9-16(22)3/h5-13H,1-4H3. The Hall–Kier alpha value is -3.44. The number of para-hydroxylation sites is 3. The van der Waals surface area contributed by atoms with Gasteiger partial charge in [-0.1, -0.05) is 36.4 Å². The molecule has 3 heterocycles. The van der Waals surface area contributed by atoms with Crippen LogP contribution in [0.3, 0.4) is 0 Å². The van der Waals surface area contributed by atoms with Gasteiger partial charge < -0.3 is 4.42 Å². The van der Waals surface area contributed by atoms with Crippen LogP contribution in [0.1, 0.15) is 22.6 Å². The van der Waals surface area contributed by atoms with Crippen molar-refractivity contribution in [2.24, 2.45) is 0 Å². The van der Waals surface area contributed by atoms with Gasteiger partial charge in [0, 0.05) is 17.9 Å². The summed E-state index contributed by atoms with van der Waals surface area (Å²) in [5, 5.41) is 1.10. The lowest BCUT2D eigenvalue weighted by Crippen LogP contribution is -2.03. The third-order valence-corrected chi connectivity index (χ3v) is 7.06. The first-order valence-electron chi connectivity index (χ1n) is 10.4. The van der Waals surface area contributed by atoms with Gasteiger partial charge in [-0.05, 0) is 55.7 Å². The Morgan fingerprint density at radius 1 is 0.806 bits per heavy atom. The summed E-state index contributed by atoms with van der Waals surface area (Å²) in [6.07, 6.45) is 0. The molecule has 0 spiro atoms. The summed E-state index contributed by atoms with van der Waals surface area (Å²) in [5.74, 6) is 1.66. The molecule has 31 heavy (non-hydrogen) atoms. The molecule has 0 fully saturated rings. The fourth-order valence-corrected chi connectivity index (χ4v) is 5.80. The number of fused-ring (bicyclic) bond motifs is 4. The molecule has 0 N–H and O–H groups in total. The highest BCUT2D eigenvalue weighted by molar-refractivity contribution is 7.25. The van der Waals surface area contributed by atoms with Gasteiger partial charge in [-0.2, -0.15) is 0 Å². The normalized spacial score (nSPS) is 11.9. The van der Waals surface area contributed by atoms with Gasteiger partial charge in [0.25, 0.3) is 0 Å². The third kappa shape index (κ3) is 2.60. The van der Waals surface area contributed by atoms with Crippen LogP contribution in [0.15, 0.2) is 59.0 Å². The number of imidazole rings is 1. The monoisotopic (exact) mass is 423 g/mol. The van der Waals surface area contributed by atoms with E-state index < -0.39 is 0 Å². The number of hydrogen-bond acceptors (Lipinski definition) is 4. The minimum absolute atomic E-state index is 0.702. The van der Waals surface area contributed by atoms with Gasteiger partial charge in [0.1, 0.15) is 5.82 Å². The molecule has 5 heteroatoms. The molecule has 3 aromatic carbocycles. The van der Waals surface area contributed by atoms with E-state index >= 15 is 0 Å². The maximum Gasteiger partial charge on any atom is 0.193 e. The fraction of sp³-hybridized carbons (Fsp3) is 0.154. The molecule has 0 bridgehead atoms. The van der Waals surface area contributed by atoms with Gasteiger partial charge in [0.15, 0.2) is 16.3 Å². The quantitative estimate of drug-likeness (QED) is 0.294. The van der Waals surface area contributed by atoms with E-state index in [4.69, 9.17) is 9.40 Å². The largest absolute Gasteiger partial charge is 0.439 e. The summed E-state index contributed by atoms with van der Waals surface area (Å²) >= 11 is 1.68. The molecule has 3 aromatic heterocycles. The Morgan fingerprint density at radius 2 is 1.58 bits per heavy atom. The smallest absolute Gasteiger partial charge is 0.193 e. The van der Waals surface area contributed by atoms with Crippen LogP contribution in [0.5, 0.6) is 0 Å². The molecule has 0 amide bonds. The molecule has 0 aliphatic rings. The van der Waals surface area contributed by atoms with E-state index in [1.807, 2.05) is 13.0 Å². The van der Waals surface area contributed by atoms with E-state index in [2.05, 4.69) is 78.9 Å². The molecule has 0 saturated heterocycles. The molecule has 0 aliphatic heterocycles. The van der Waals surface area contributed by atoms with Crippen LogP contribution >= 0.6 is 11.3 Å². The van der Waals surface area contributed by atoms with Crippen molar-refractivity contribution in [3.8, 4) is 17.1 Å². The van der Waals surface area contributed by atoms with E-state index in [0.29, 0.717) is 5.89 Å². The Balaban J connectivity index is 1.78. The maximum absolute atomic E-state index is 5.94. The van der Waals surface area contributed by atoms with Gasteiger partial charge in [0.2, 0.25) is 0 Å². The zero-order valence-electron chi connectivity index (χ0n) is 17.9. The van der Waals surface area contributed by atoms with Crippen molar-refractivity contribution in [2.45, 2.75) is 27.7 Å². The maximum atomic E-state index is 5.94. The predicted molar refractivity (Wildman–Crippen MR) is 128 cm³/mol. The first kappa shape index (κ1) is 18.3. The van der Waals surface area contributed by atoms with Crippen molar-refractivity contribution >= 4 is 42.9 Å². The van der Waals surface area contributed by atoms with Crippen molar-refractivity contribution in [3.05, 3.63) is 77.2 Å². The van der Waals surface area contributed by atoms with Crippen LogP contribution in [0.4, 0.5) is 0 Å². The minimum atomic E-state index is 0.702. The van der Waals surface area contributed by atoms with Crippen LogP contribution in [0, 0.1) is 27.7 Å². The molecule has 6 aromatic rings. The zero-order chi connectivity index (χ0) is 21.3. The van der Waals surface area contributed by atoms with Crippen LogP contribution in [-0.4, -0.2) is 14.5 Å². The Labute approximate surface area is 183 Å². The van der Waals surface area contributed by atoms with Gasteiger partial charge >= 0.3 is 0 Å². The number of aryl methyl sites for hydroxylation is 4. The first-order chi connectivity index (χ1) is 15.0. The van der Waals surface area contributed by atoms with Crippen LogP contribution < -0.4 is 0 Å². The summed E-state index contributed by atoms with van der Waals surface area (Å²) in [4.78, 5) is 10.7. The molecule has 0 saturated carbocycles. The number of benzene rings is 3. The number of oxazole rings is 1. The fourth-order valence-electron chi connectivity index (χ4n) is 4.57. The number of hydrogen-bond donors (Lipinski definition) is 0. The number of nitrogens with zero attached hydrogens (tertiary/aromatic N) is 3. The van der Waals surface area contributed by atoms with E-state index in [1.54, 1.807) is 11.3 Å². The number of thiophene rings is 1. The van der Waals surface area contributed by atoms with E-state index in [9.17, 15) is 0 Å². The Kier molecular flexibility index (Phi) is 3.86. The molecule has 4 nitrogen and oxygen atoms in total. The summed E-state index contributed by atoms with van der Waals surface area (Å²) in [6.45, 7) is 8.39. The van der Waals surface area contributed by atoms with E-state index in [1.165, 1.54) is 27.1 Å². The lowest BCUT2D eigenvalue weighted by molar-refractivity contribution is 0.563. The lowest BCUT2D eigenvalue weighted by atomic mass is 10.0. The molecule has 0 radical (unpaired) electrons. The molecule has 152 valence electrons. The van der Waals surface area contributed by atoms with Gasteiger partial charge in [-0.15, -0.1) is 11.3 Å². The molecule has 6 rings (SSSR count). The average Bonchev–Trinajstić information content (AvgIpc) is 3.38. The molecule has 0 atom stereocenters. The van der Waals surface area contributed by atoms with Gasteiger partial charge in [-0.25, -0.2) is 9.97 Å². The molecular weight excluding hydrogens is 402 g/mol. The van der Waals surface area contributed by atoms with Crippen molar-refractivity contribution in [2.75, 3.05) is 0 Å². The van der Waals surface area contributed by atoms with E-state index in [0.717, 1.165) is 38.2 Å². The van der Waals surface area contributed by atoms with E-state index in [-0.39, 0.29) is 0 Å². The zero-order valence-corrected chi connectivity index (χ0v) is 18.7. The highest BCUT2D eigenvalue weighted by atomic mass is 32.1. The summed E-state index contributed by atoms with van der Waals surface area (Å²) < 4.78 is 9.43. The van der Waals surface area contributed by atoms with Crippen molar-refractivity contribution in [1.29, 1.82) is 0 Å². The second-order valence-electron chi connectivity index (χ2n) is 8.10. The highest BCUT2D eigenvalue weighted by Crippen LogP contribution is 2.43. The Bertz CT molecular complexity index is 1610. The lowest BCUT2D eigenvalue weighted by Gasteiger charge is -2.16. The van der Waals surface area contributed by atoms with Gasteiger partial charge in [-0.3, -0.25) is 4.57 Å². The van der Waals surface area contributed by atoms with Crippen molar-refractivity contribution in [1.82, 2.24) is 14.5 Å². The van der Waals surface area contributed by atoms with Gasteiger partial charge in [0.05, 0.1) is 21.4 Å². The SMILES string of the molecule is Cc1nc2sc3c(-c4nc5ccccc5n4-c4c(C)cccc4C)c(C)ccc3c2o1. The topological polar surface area (TPSA) is 43.9 Å². The second-order valence-corrected chi connectivity index (χ2v) is 9.10. The number of rotatable bonds is 2. The molecule has 0 aliphatic carbocycles.